The Labute approximate surface area is 127 Å². The number of nitriles is 1. The highest BCUT2D eigenvalue weighted by molar-refractivity contribution is 7.18. The number of hydrogen-bond acceptors (Lipinski definition) is 7. The van der Waals surface area contributed by atoms with Crippen molar-refractivity contribution in [1.82, 2.24) is 4.90 Å². The van der Waals surface area contributed by atoms with Crippen LogP contribution in [0.3, 0.4) is 0 Å². The summed E-state index contributed by atoms with van der Waals surface area (Å²) in [6.07, 6.45) is 2.44. The molecule has 1 aromatic rings. The number of carbonyl (C=O) groups excluding carboxylic acids is 1. The monoisotopic (exact) mass is 306 g/mol. The third kappa shape index (κ3) is 2.34. The molecule has 6 nitrogen and oxygen atoms in total. The fraction of sp³-hybridized carbons (Fsp3) is 0.571. The zero-order valence-corrected chi connectivity index (χ0v) is 12.8. The highest BCUT2D eigenvalue weighted by atomic mass is 32.1. The van der Waals surface area contributed by atoms with Gasteiger partial charge in [0.15, 0.2) is 0 Å². The van der Waals surface area contributed by atoms with Gasteiger partial charge >= 0.3 is 5.97 Å². The normalized spacial score (nSPS) is 21.9. The summed E-state index contributed by atoms with van der Waals surface area (Å²) >= 11 is 1.27. The van der Waals surface area contributed by atoms with Crippen LogP contribution in [-0.4, -0.2) is 50.2 Å². The number of methoxy groups -OCH3 is 1. The zero-order chi connectivity index (χ0) is 15.0. The molecule has 1 aromatic heterocycles. The van der Waals surface area contributed by atoms with Gasteiger partial charge in [0.05, 0.1) is 12.8 Å². The molecule has 2 N–H and O–H groups in total. The largest absolute Gasteiger partial charge is 0.465 e. The van der Waals surface area contributed by atoms with Crippen molar-refractivity contribution in [1.29, 1.82) is 5.26 Å². The Kier molecular flexibility index (Phi) is 3.74. The average molecular weight is 306 g/mol. The lowest BCUT2D eigenvalue weighted by Crippen LogP contribution is -2.50. The van der Waals surface area contributed by atoms with E-state index in [2.05, 4.69) is 15.9 Å². The van der Waals surface area contributed by atoms with Crippen LogP contribution in [0.5, 0.6) is 0 Å². The molecule has 0 bridgehead atoms. The summed E-state index contributed by atoms with van der Waals surface area (Å²) < 4.78 is 4.74. The molecule has 2 saturated heterocycles. The van der Waals surface area contributed by atoms with Crippen LogP contribution < -0.4 is 10.6 Å². The quantitative estimate of drug-likeness (QED) is 0.829. The fourth-order valence-electron chi connectivity index (χ4n) is 3.18. The maximum atomic E-state index is 11.8. The lowest BCUT2D eigenvalue weighted by molar-refractivity contribution is 0.0607. The summed E-state index contributed by atoms with van der Waals surface area (Å²) in [6, 6.07) is 2.69. The molecule has 0 spiro atoms. The molecule has 2 aliphatic heterocycles. The maximum absolute atomic E-state index is 11.8. The standard InChI is InChI=1S/C14H18N4O2S/c1-20-14(19)12-11(16)10(7-15)13(21-12)18-6-5-17-4-2-3-9(17)8-18/h9H,2-6,8,16H2,1H3. The van der Waals surface area contributed by atoms with Gasteiger partial charge in [0.1, 0.15) is 21.5 Å². The predicted molar refractivity (Wildman–Crippen MR) is 81.6 cm³/mol. The Morgan fingerprint density at radius 3 is 3.00 bits per heavy atom. The molecule has 1 unspecified atom stereocenters. The van der Waals surface area contributed by atoms with Crippen molar-refractivity contribution in [3.63, 3.8) is 0 Å². The van der Waals surface area contributed by atoms with Crippen LogP contribution in [0.2, 0.25) is 0 Å². The van der Waals surface area contributed by atoms with Crippen LogP contribution in [0.4, 0.5) is 10.7 Å². The van der Waals surface area contributed by atoms with Crippen LogP contribution in [0.25, 0.3) is 0 Å². The van der Waals surface area contributed by atoms with Crippen molar-refractivity contribution in [2.24, 2.45) is 0 Å². The number of nitrogens with two attached hydrogens (primary N) is 1. The predicted octanol–water partition coefficient (Wildman–Crippen LogP) is 1.27. The van der Waals surface area contributed by atoms with E-state index in [1.165, 1.54) is 37.8 Å². The van der Waals surface area contributed by atoms with E-state index < -0.39 is 5.97 Å². The summed E-state index contributed by atoms with van der Waals surface area (Å²) in [5.41, 5.74) is 6.61. The molecule has 2 fully saturated rings. The van der Waals surface area contributed by atoms with Gasteiger partial charge in [-0.15, -0.1) is 11.3 Å². The third-order valence-corrected chi connectivity index (χ3v) is 5.53. The molecule has 0 radical (unpaired) electrons. The molecule has 0 aromatic carbocycles. The summed E-state index contributed by atoms with van der Waals surface area (Å²) in [5, 5.41) is 10.2. The average Bonchev–Trinajstić information content (AvgIpc) is 3.09. The van der Waals surface area contributed by atoms with Gasteiger partial charge in [-0.25, -0.2) is 4.79 Å². The molecule has 0 aliphatic carbocycles. The second kappa shape index (κ2) is 5.54. The number of thiophene rings is 1. The van der Waals surface area contributed by atoms with Gasteiger partial charge < -0.3 is 15.4 Å². The summed E-state index contributed by atoms with van der Waals surface area (Å²) in [4.78, 5) is 16.8. The van der Waals surface area contributed by atoms with Gasteiger partial charge in [-0.2, -0.15) is 5.26 Å². The number of piperazine rings is 1. The first-order valence-electron chi connectivity index (χ1n) is 7.05. The van der Waals surface area contributed by atoms with Crippen molar-refractivity contribution in [3.8, 4) is 6.07 Å². The van der Waals surface area contributed by atoms with Gasteiger partial charge in [0, 0.05) is 25.7 Å². The third-order valence-electron chi connectivity index (χ3n) is 4.28. The van der Waals surface area contributed by atoms with Gasteiger partial charge in [-0.3, -0.25) is 4.90 Å². The second-order valence-electron chi connectivity index (χ2n) is 5.41. The molecule has 1 atom stereocenters. The number of nitrogen functional groups attached to an aromatic ring is 1. The maximum Gasteiger partial charge on any atom is 0.350 e. The molecule has 3 heterocycles. The van der Waals surface area contributed by atoms with Crippen molar-refractivity contribution < 1.29 is 9.53 Å². The fourth-order valence-corrected chi connectivity index (χ4v) is 4.31. The molecular formula is C14H18N4O2S. The summed E-state index contributed by atoms with van der Waals surface area (Å²) in [6.45, 7) is 3.94. The number of fused-ring (bicyclic) bond motifs is 1. The minimum absolute atomic E-state index is 0.248. The summed E-state index contributed by atoms with van der Waals surface area (Å²) in [5.74, 6) is -0.472. The molecule has 0 saturated carbocycles. The van der Waals surface area contributed by atoms with Gasteiger partial charge in [-0.05, 0) is 19.4 Å². The first kappa shape index (κ1) is 14.2. The van der Waals surface area contributed by atoms with Crippen LogP contribution >= 0.6 is 11.3 Å². The summed E-state index contributed by atoms with van der Waals surface area (Å²) in [7, 11) is 1.32. The van der Waals surface area contributed by atoms with E-state index in [0.717, 1.165) is 24.6 Å². The number of ether oxygens (including phenoxy) is 1. The Morgan fingerprint density at radius 1 is 1.48 bits per heavy atom. The van der Waals surface area contributed by atoms with Crippen molar-refractivity contribution in [2.45, 2.75) is 18.9 Å². The number of rotatable bonds is 2. The number of esters is 1. The highest BCUT2D eigenvalue weighted by Gasteiger charge is 2.33. The molecule has 21 heavy (non-hydrogen) atoms. The van der Waals surface area contributed by atoms with Crippen molar-refractivity contribution in [3.05, 3.63) is 10.4 Å². The number of nitrogens with zero attached hydrogens (tertiary/aromatic N) is 3. The number of carbonyl (C=O) groups is 1. The Balaban J connectivity index is 1.91. The molecule has 7 heteroatoms. The Bertz CT molecular complexity index is 607. The first-order valence-corrected chi connectivity index (χ1v) is 7.87. The number of hydrogen-bond donors (Lipinski definition) is 1. The van der Waals surface area contributed by atoms with E-state index >= 15 is 0 Å². The lowest BCUT2D eigenvalue weighted by atomic mass is 10.1. The van der Waals surface area contributed by atoms with Crippen LogP contribution in [0.15, 0.2) is 0 Å². The van der Waals surface area contributed by atoms with Gasteiger partial charge in [-0.1, -0.05) is 0 Å². The number of anilines is 2. The molecule has 0 amide bonds. The second-order valence-corrected chi connectivity index (χ2v) is 6.41. The lowest BCUT2D eigenvalue weighted by Gasteiger charge is -2.38. The van der Waals surface area contributed by atoms with E-state index in [-0.39, 0.29) is 5.69 Å². The van der Waals surface area contributed by atoms with Crippen LogP contribution in [0.1, 0.15) is 28.1 Å². The zero-order valence-electron chi connectivity index (χ0n) is 12.0. The minimum Gasteiger partial charge on any atom is -0.465 e. The molecule has 3 rings (SSSR count). The SMILES string of the molecule is COC(=O)c1sc(N2CCN3CCCC3C2)c(C#N)c1N. The van der Waals surface area contributed by atoms with E-state index in [4.69, 9.17) is 10.5 Å². The smallest absolute Gasteiger partial charge is 0.350 e. The van der Waals surface area contributed by atoms with E-state index in [0.29, 0.717) is 16.5 Å². The van der Waals surface area contributed by atoms with Crippen LogP contribution in [0, 0.1) is 11.3 Å². The van der Waals surface area contributed by atoms with Crippen LogP contribution in [-0.2, 0) is 4.74 Å². The highest BCUT2D eigenvalue weighted by Crippen LogP contribution is 2.39. The minimum atomic E-state index is -0.472. The van der Waals surface area contributed by atoms with E-state index in [1.807, 2.05) is 0 Å². The van der Waals surface area contributed by atoms with Crippen molar-refractivity contribution in [2.75, 3.05) is 43.9 Å². The Morgan fingerprint density at radius 2 is 2.29 bits per heavy atom. The van der Waals surface area contributed by atoms with Crippen molar-refractivity contribution >= 4 is 28.0 Å². The van der Waals surface area contributed by atoms with Gasteiger partial charge in [0.2, 0.25) is 0 Å². The van der Waals surface area contributed by atoms with E-state index in [9.17, 15) is 10.1 Å². The van der Waals surface area contributed by atoms with E-state index in [1.54, 1.807) is 0 Å². The topological polar surface area (TPSA) is 82.6 Å². The molecule has 112 valence electrons. The molecule has 2 aliphatic rings. The molecular weight excluding hydrogens is 288 g/mol. The first-order chi connectivity index (χ1) is 10.2. The Hall–Kier alpha value is -1.78. The van der Waals surface area contributed by atoms with Gasteiger partial charge in [0.25, 0.3) is 0 Å².